The first-order valence-corrected chi connectivity index (χ1v) is 8.99. The van der Waals surface area contributed by atoms with E-state index < -0.39 is 23.8 Å². The van der Waals surface area contributed by atoms with Gasteiger partial charge in [-0.25, -0.2) is 4.39 Å². The highest BCUT2D eigenvalue weighted by Crippen LogP contribution is 2.23. The molecule has 0 aromatic heterocycles. The molecule has 0 saturated heterocycles. The molecule has 2 aromatic carbocycles. The highest BCUT2D eigenvalue weighted by Gasteiger charge is 2.10. The molecule has 28 heavy (non-hydrogen) atoms. The normalized spacial score (nSPS) is 12.9. The minimum absolute atomic E-state index is 0.121. The number of benzene rings is 2. The van der Waals surface area contributed by atoms with E-state index in [1.165, 1.54) is 18.2 Å². The smallest absolute Gasteiger partial charge is 0.165 e. The van der Waals surface area contributed by atoms with Crippen molar-refractivity contribution >= 4 is 0 Å². The molecule has 2 rings (SSSR count). The van der Waals surface area contributed by atoms with Gasteiger partial charge in [-0.2, -0.15) is 0 Å². The zero-order valence-corrected chi connectivity index (χ0v) is 15.5. The van der Waals surface area contributed by atoms with Crippen molar-refractivity contribution in [2.75, 3.05) is 13.2 Å². The molecule has 0 heterocycles. The van der Waals surface area contributed by atoms with Crippen molar-refractivity contribution in [2.45, 2.75) is 31.7 Å². The lowest BCUT2D eigenvalue weighted by Crippen LogP contribution is -2.16. The number of halogens is 1. The topological polar surface area (TPSA) is 90.2 Å². The van der Waals surface area contributed by atoms with Crippen molar-refractivity contribution < 1.29 is 29.6 Å². The fourth-order valence-corrected chi connectivity index (χ4v) is 2.58. The molecule has 0 spiro atoms. The Bertz CT molecular complexity index is 800. The summed E-state index contributed by atoms with van der Waals surface area (Å²) in [6.07, 6.45) is 0.100. The first-order valence-electron chi connectivity index (χ1n) is 8.99. The van der Waals surface area contributed by atoms with E-state index in [1.54, 1.807) is 0 Å². The first-order chi connectivity index (χ1) is 13.5. The molecule has 5 nitrogen and oxygen atoms in total. The Morgan fingerprint density at radius 3 is 2.57 bits per heavy atom. The minimum Gasteiger partial charge on any atom is -0.505 e. The van der Waals surface area contributed by atoms with E-state index in [0.717, 1.165) is 11.6 Å². The summed E-state index contributed by atoms with van der Waals surface area (Å²) in [7, 11) is 0. The molecule has 0 amide bonds. The summed E-state index contributed by atoms with van der Waals surface area (Å²) in [5, 5.41) is 38.7. The van der Waals surface area contributed by atoms with Gasteiger partial charge in [-0.3, -0.25) is 0 Å². The number of phenolic OH excluding ortho intramolecular Hbond substituents is 1. The molecule has 0 radical (unpaired) electrons. The highest BCUT2D eigenvalue weighted by atomic mass is 19.1. The summed E-state index contributed by atoms with van der Waals surface area (Å²) in [5.41, 5.74) is 4.66. The van der Waals surface area contributed by atoms with Gasteiger partial charge in [-0.05, 0) is 34.9 Å². The van der Waals surface area contributed by atoms with E-state index >= 15 is 0 Å². The van der Waals surface area contributed by atoms with Crippen LogP contribution in [0.15, 0.2) is 65.9 Å². The lowest BCUT2D eigenvalue weighted by Gasteiger charge is -2.12. The maximum atomic E-state index is 13.3. The number of aromatic hydroxyl groups is 1. The van der Waals surface area contributed by atoms with Gasteiger partial charge >= 0.3 is 0 Å². The van der Waals surface area contributed by atoms with Crippen LogP contribution in [0.1, 0.15) is 30.1 Å². The monoisotopic (exact) mass is 388 g/mol. The van der Waals surface area contributed by atoms with Crippen LogP contribution in [0.2, 0.25) is 0 Å². The maximum absolute atomic E-state index is 13.3. The second-order valence-electron chi connectivity index (χ2n) is 6.43. The molecule has 0 aliphatic carbocycles. The van der Waals surface area contributed by atoms with Crippen LogP contribution in [0, 0.1) is 5.82 Å². The average Bonchev–Trinajstić information content (AvgIpc) is 2.70. The molecule has 2 atom stereocenters. The van der Waals surface area contributed by atoms with Gasteiger partial charge in [-0.1, -0.05) is 36.4 Å². The SMILES string of the molecule is OCC(=C=CC[C@@H](O)c1ccc(O)c(F)c1)C[C@@H](O)COCc1ccccc1. The Balaban J connectivity index is 1.83. The Labute approximate surface area is 163 Å². The Hall–Kier alpha value is -2.47. The number of hydrogen-bond acceptors (Lipinski definition) is 5. The average molecular weight is 388 g/mol. The number of ether oxygens (including phenoxy) is 1. The molecule has 0 aliphatic rings. The molecule has 6 heteroatoms. The van der Waals surface area contributed by atoms with E-state index in [-0.39, 0.29) is 26.1 Å². The van der Waals surface area contributed by atoms with Gasteiger partial charge in [0.1, 0.15) is 0 Å². The van der Waals surface area contributed by atoms with Gasteiger partial charge in [-0.15, -0.1) is 5.73 Å². The summed E-state index contributed by atoms with van der Waals surface area (Å²) in [4.78, 5) is 0. The fraction of sp³-hybridized carbons (Fsp3) is 0.318. The molecular weight excluding hydrogens is 363 g/mol. The van der Waals surface area contributed by atoms with Crippen LogP contribution in [0.25, 0.3) is 0 Å². The number of aliphatic hydroxyl groups is 3. The number of aliphatic hydroxyl groups excluding tert-OH is 3. The summed E-state index contributed by atoms with van der Waals surface area (Å²) in [5.74, 6) is -1.27. The van der Waals surface area contributed by atoms with Crippen molar-refractivity contribution in [2.24, 2.45) is 0 Å². The van der Waals surface area contributed by atoms with Crippen LogP contribution in [0.5, 0.6) is 5.75 Å². The lowest BCUT2D eigenvalue weighted by molar-refractivity contribution is 0.0278. The highest BCUT2D eigenvalue weighted by molar-refractivity contribution is 5.29. The number of rotatable bonds is 10. The predicted molar refractivity (Wildman–Crippen MR) is 103 cm³/mol. The maximum Gasteiger partial charge on any atom is 0.165 e. The quantitative estimate of drug-likeness (QED) is 0.470. The van der Waals surface area contributed by atoms with Gasteiger partial charge < -0.3 is 25.2 Å². The minimum atomic E-state index is -0.971. The van der Waals surface area contributed by atoms with Crippen LogP contribution in [0.4, 0.5) is 4.39 Å². The molecule has 150 valence electrons. The Morgan fingerprint density at radius 2 is 1.89 bits per heavy atom. The molecule has 0 unspecified atom stereocenters. The van der Waals surface area contributed by atoms with E-state index in [9.17, 15) is 24.8 Å². The van der Waals surface area contributed by atoms with Crippen molar-refractivity contribution in [3.8, 4) is 5.75 Å². The molecular formula is C22H25FO5. The third kappa shape index (κ3) is 7.27. The third-order valence-corrected chi connectivity index (χ3v) is 4.10. The van der Waals surface area contributed by atoms with Crippen LogP contribution in [-0.2, 0) is 11.3 Å². The zero-order chi connectivity index (χ0) is 20.4. The van der Waals surface area contributed by atoms with Crippen molar-refractivity contribution in [3.05, 3.63) is 82.9 Å². The second kappa shape index (κ2) is 11.4. The van der Waals surface area contributed by atoms with Crippen LogP contribution < -0.4 is 0 Å². The molecule has 0 bridgehead atoms. The van der Waals surface area contributed by atoms with E-state index in [2.05, 4.69) is 5.73 Å². The summed E-state index contributed by atoms with van der Waals surface area (Å²) < 4.78 is 18.8. The number of phenols is 1. The molecule has 2 aromatic rings. The second-order valence-corrected chi connectivity index (χ2v) is 6.43. The standard InChI is InChI=1S/C22H25FO5/c23-20-12-18(9-10-22(20)27)21(26)8-4-7-17(13-24)11-19(25)15-28-14-16-5-2-1-3-6-16/h1-6,9-10,12,19,21,24-27H,8,11,13-15H2/t7?,19-,21-/m1/s1. The summed E-state index contributed by atoms with van der Waals surface area (Å²) in [6, 6.07) is 13.3. The summed E-state index contributed by atoms with van der Waals surface area (Å²) >= 11 is 0. The number of hydrogen-bond donors (Lipinski definition) is 4. The van der Waals surface area contributed by atoms with E-state index in [4.69, 9.17) is 4.74 Å². The van der Waals surface area contributed by atoms with Gasteiger partial charge in [0.15, 0.2) is 11.6 Å². The fourth-order valence-electron chi connectivity index (χ4n) is 2.58. The van der Waals surface area contributed by atoms with Crippen molar-refractivity contribution in [3.63, 3.8) is 0 Å². The van der Waals surface area contributed by atoms with Crippen molar-refractivity contribution in [1.82, 2.24) is 0 Å². The predicted octanol–water partition coefficient (Wildman–Crippen LogP) is 3.00. The Kier molecular flexibility index (Phi) is 8.88. The van der Waals surface area contributed by atoms with Gasteiger partial charge in [0.05, 0.1) is 32.0 Å². The zero-order valence-electron chi connectivity index (χ0n) is 15.5. The molecule has 0 fully saturated rings. The van der Waals surface area contributed by atoms with Crippen molar-refractivity contribution in [1.29, 1.82) is 0 Å². The molecule has 4 N–H and O–H groups in total. The first kappa shape index (κ1) is 21.8. The molecule has 0 aliphatic heterocycles. The lowest BCUT2D eigenvalue weighted by atomic mass is 10.1. The van der Waals surface area contributed by atoms with Crippen LogP contribution in [0.3, 0.4) is 0 Å². The third-order valence-electron chi connectivity index (χ3n) is 4.10. The van der Waals surface area contributed by atoms with E-state index in [1.807, 2.05) is 30.3 Å². The van der Waals surface area contributed by atoms with Crippen LogP contribution in [-0.4, -0.2) is 39.7 Å². The summed E-state index contributed by atoms with van der Waals surface area (Å²) in [6.45, 7) is 0.229. The van der Waals surface area contributed by atoms with Gasteiger partial charge in [0.25, 0.3) is 0 Å². The van der Waals surface area contributed by atoms with Crippen LogP contribution >= 0.6 is 0 Å². The van der Waals surface area contributed by atoms with E-state index in [0.29, 0.717) is 17.7 Å². The van der Waals surface area contributed by atoms with Gasteiger partial charge in [0, 0.05) is 12.8 Å². The molecule has 0 saturated carbocycles. The van der Waals surface area contributed by atoms with Gasteiger partial charge in [0.2, 0.25) is 0 Å². The largest absolute Gasteiger partial charge is 0.505 e. The Morgan fingerprint density at radius 1 is 1.14 bits per heavy atom.